The van der Waals surface area contributed by atoms with E-state index in [-0.39, 0.29) is 5.56 Å². The third-order valence-corrected chi connectivity index (χ3v) is 4.66. The molecule has 2 aromatic carbocycles. The Morgan fingerprint density at radius 2 is 1.74 bits per heavy atom. The molecular weight excluding hydrogens is 388 g/mol. The monoisotopic (exact) mass is 404 g/mol. The van der Waals surface area contributed by atoms with Gasteiger partial charge in [0.2, 0.25) is 15.6 Å². The minimum absolute atomic E-state index is 0.227. The van der Waals surface area contributed by atoms with Gasteiger partial charge >= 0.3 is 0 Å². The molecule has 27 heavy (non-hydrogen) atoms. The second kappa shape index (κ2) is 7.46. The Morgan fingerprint density at radius 3 is 2.41 bits per heavy atom. The van der Waals surface area contributed by atoms with E-state index in [1.807, 2.05) is 0 Å². The number of sulfonamides is 1. The first-order chi connectivity index (χ1) is 12.7. The van der Waals surface area contributed by atoms with Gasteiger partial charge in [-0.05, 0) is 43.3 Å². The molecule has 6 nitrogen and oxygen atoms in total. The number of hydrogen-bond donors (Lipinski definition) is 2. The van der Waals surface area contributed by atoms with Crippen LogP contribution in [-0.4, -0.2) is 19.7 Å². The van der Waals surface area contributed by atoms with E-state index in [1.165, 1.54) is 6.07 Å². The third-order valence-electron chi connectivity index (χ3n) is 3.75. The minimum atomic E-state index is -3.44. The maximum Gasteiger partial charge on any atom is 0.248 e. The lowest BCUT2D eigenvalue weighted by Crippen LogP contribution is -2.10. The predicted octanol–water partition coefficient (Wildman–Crippen LogP) is 4.17. The molecule has 0 aliphatic heterocycles. The number of H-pyrrole nitrogens is 1. The summed E-state index contributed by atoms with van der Waals surface area (Å²) in [5.41, 5.74) is 2.09. The number of pyridine rings is 1. The van der Waals surface area contributed by atoms with E-state index in [4.69, 9.17) is 16.3 Å². The molecule has 3 aromatic rings. The molecule has 0 unspecified atom stereocenters. The molecule has 0 amide bonds. The van der Waals surface area contributed by atoms with Gasteiger partial charge in [0, 0.05) is 28.6 Å². The summed E-state index contributed by atoms with van der Waals surface area (Å²) in [6.45, 7) is 1.76. The number of para-hydroxylation sites is 1. The van der Waals surface area contributed by atoms with Gasteiger partial charge in [0.05, 0.1) is 11.3 Å². The molecule has 0 spiro atoms. The molecule has 2 N–H and O–H groups in total. The van der Waals surface area contributed by atoms with Crippen LogP contribution >= 0.6 is 11.6 Å². The van der Waals surface area contributed by atoms with E-state index in [1.54, 1.807) is 55.5 Å². The Bertz CT molecular complexity index is 1160. The Balaban J connectivity index is 2.14. The number of aromatic nitrogens is 1. The van der Waals surface area contributed by atoms with Crippen molar-refractivity contribution in [3.05, 3.63) is 75.7 Å². The Morgan fingerprint density at radius 1 is 1.00 bits per heavy atom. The van der Waals surface area contributed by atoms with Gasteiger partial charge in [-0.1, -0.05) is 23.7 Å². The maximum absolute atomic E-state index is 11.6. The first-order valence-electron chi connectivity index (χ1n) is 7.97. The van der Waals surface area contributed by atoms with Crippen molar-refractivity contribution < 1.29 is 13.2 Å². The van der Waals surface area contributed by atoms with Crippen molar-refractivity contribution in [1.82, 2.24) is 4.98 Å². The van der Waals surface area contributed by atoms with Crippen LogP contribution in [0.2, 0.25) is 5.02 Å². The summed E-state index contributed by atoms with van der Waals surface area (Å²) in [6.07, 6.45) is 1.08. The van der Waals surface area contributed by atoms with E-state index >= 15 is 0 Å². The third kappa shape index (κ3) is 4.69. The summed E-state index contributed by atoms with van der Waals surface area (Å²) >= 11 is 6.18. The van der Waals surface area contributed by atoms with E-state index in [2.05, 4.69) is 9.71 Å². The lowest BCUT2D eigenvalue weighted by Gasteiger charge is -2.15. The molecule has 0 aliphatic carbocycles. The molecule has 8 heteroatoms. The molecule has 140 valence electrons. The number of hydrogen-bond acceptors (Lipinski definition) is 4. The Hall–Kier alpha value is -2.77. The highest BCUT2D eigenvalue weighted by Crippen LogP contribution is 2.38. The van der Waals surface area contributed by atoms with Crippen molar-refractivity contribution in [2.45, 2.75) is 6.92 Å². The fourth-order valence-corrected chi connectivity index (χ4v) is 3.35. The van der Waals surface area contributed by atoms with Crippen LogP contribution in [0.15, 0.2) is 59.4 Å². The van der Waals surface area contributed by atoms with Crippen LogP contribution in [-0.2, 0) is 10.0 Å². The summed E-state index contributed by atoms with van der Waals surface area (Å²) in [7, 11) is -3.44. The van der Waals surface area contributed by atoms with Crippen LogP contribution in [0.25, 0.3) is 11.1 Å². The molecular formula is C19H17ClN2O4S. The lowest BCUT2D eigenvalue weighted by atomic mass is 10.0. The number of rotatable bonds is 5. The summed E-state index contributed by atoms with van der Waals surface area (Å²) in [4.78, 5) is 14.3. The predicted molar refractivity (Wildman–Crippen MR) is 107 cm³/mol. The summed E-state index contributed by atoms with van der Waals surface area (Å²) in [5.74, 6) is 0.934. The van der Waals surface area contributed by atoms with Crippen molar-refractivity contribution in [2.24, 2.45) is 0 Å². The van der Waals surface area contributed by atoms with Gasteiger partial charge in [-0.25, -0.2) is 8.42 Å². The fourth-order valence-electron chi connectivity index (χ4n) is 2.62. The normalized spacial score (nSPS) is 11.2. The van der Waals surface area contributed by atoms with Gasteiger partial charge in [-0.2, -0.15) is 0 Å². The first kappa shape index (κ1) is 19.0. The van der Waals surface area contributed by atoms with Crippen LogP contribution in [0.5, 0.6) is 11.5 Å². The standard InChI is InChI=1S/C19H17ClN2O4S/c1-12-14(8-10-19(23)21-12)15-11-13(22-27(2,24)25)7-9-17(15)26-18-6-4-3-5-16(18)20/h3-11,22H,1-2H3,(H,21,23). The van der Waals surface area contributed by atoms with Gasteiger partial charge in [-0.3, -0.25) is 9.52 Å². The van der Waals surface area contributed by atoms with Crippen LogP contribution in [0.1, 0.15) is 5.69 Å². The van der Waals surface area contributed by atoms with Crippen molar-refractivity contribution in [3.63, 3.8) is 0 Å². The smallest absolute Gasteiger partial charge is 0.248 e. The summed E-state index contributed by atoms with van der Waals surface area (Å²) in [5, 5.41) is 0.444. The van der Waals surface area contributed by atoms with E-state index in [0.29, 0.717) is 39.0 Å². The number of aryl methyl sites for hydroxylation is 1. The molecule has 0 atom stereocenters. The van der Waals surface area contributed by atoms with Gasteiger partial charge in [0.15, 0.2) is 0 Å². The second-order valence-electron chi connectivity index (χ2n) is 5.98. The molecule has 0 fully saturated rings. The van der Waals surface area contributed by atoms with E-state index in [9.17, 15) is 13.2 Å². The Labute approximate surface area is 161 Å². The maximum atomic E-state index is 11.6. The topological polar surface area (TPSA) is 88.3 Å². The molecule has 0 bridgehead atoms. The Kier molecular flexibility index (Phi) is 5.25. The number of aromatic amines is 1. The zero-order valence-corrected chi connectivity index (χ0v) is 16.2. The highest BCUT2D eigenvalue weighted by Gasteiger charge is 2.14. The molecule has 0 saturated heterocycles. The number of halogens is 1. The van der Waals surface area contributed by atoms with Gasteiger partial charge < -0.3 is 9.72 Å². The summed E-state index contributed by atoms with van der Waals surface area (Å²) in [6, 6.07) is 15.0. The van der Waals surface area contributed by atoms with Crippen LogP contribution in [0.3, 0.4) is 0 Å². The number of anilines is 1. The van der Waals surface area contributed by atoms with Gasteiger partial charge in [-0.15, -0.1) is 0 Å². The molecule has 1 heterocycles. The quantitative estimate of drug-likeness (QED) is 0.668. The average Bonchev–Trinajstić information content (AvgIpc) is 2.57. The van der Waals surface area contributed by atoms with Crippen LogP contribution in [0.4, 0.5) is 5.69 Å². The first-order valence-corrected chi connectivity index (χ1v) is 10.2. The van der Waals surface area contributed by atoms with E-state index in [0.717, 1.165) is 6.26 Å². The number of benzene rings is 2. The van der Waals surface area contributed by atoms with Crippen molar-refractivity contribution in [3.8, 4) is 22.6 Å². The SMILES string of the molecule is Cc1[nH]c(=O)ccc1-c1cc(NS(C)(=O)=O)ccc1Oc1ccccc1Cl. The lowest BCUT2D eigenvalue weighted by molar-refractivity contribution is 0.484. The fraction of sp³-hybridized carbons (Fsp3) is 0.105. The second-order valence-corrected chi connectivity index (χ2v) is 8.13. The zero-order chi connectivity index (χ0) is 19.6. The number of ether oxygens (including phenoxy) is 1. The molecule has 1 aromatic heterocycles. The summed E-state index contributed by atoms with van der Waals surface area (Å²) < 4.78 is 31.6. The largest absolute Gasteiger partial charge is 0.455 e. The minimum Gasteiger partial charge on any atom is -0.455 e. The highest BCUT2D eigenvalue weighted by molar-refractivity contribution is 7.92. The average molecular weight is 405 g/mol. The number of nitrogens with one attached hydrogen (secondary N) is 2. The molecule has 0 aliphatic rings. The zero-order valence-electron chi connectivity index (χ0n) is 14.6. The molecule has 3 rings (SSSR count). The van der Waals surface area contributed by atoms with Crippen molar-refractivity contribution >= 4 is 27.3 Å². The molecule has 0 radical (unpaired) electrons. The van der Waals surface area contributed by atoms with Gasteiger partial charge in [0.25, 0.3) is 0 Å². The van der Waals surface area contributed by atoms with Crippen LogP contribution in [0, 0.1) is 6.92 Å². The van der Waals surface area contributed by atoms with Crippen molar-refractivity contribution in [2.75, 3.05) is 11.0 Å². The van der Waals surface area contributed by atoms with Gasteiger partial charge in [0.1, 0.15) is 11.5 Å². The molecule has 0 saturated carbocycles. The van der Waals surface area contributed by atoms with E-state index < -0.39 is 10.0 Å². The van der Waals surface area contributed by atoms with Crippen LogP contribution < -0.4 is 15.0 Å². The highest BCUT2D eigenvalue weighted by atomic mass is 35.5. The van der Waals surface area contributed by atoms with Crippen molar-refractivity contribution in [1.29, 1.82) is 0 Å².